The number of ether oxygens (including phenoxy) is 12. The quantitative estimate of drug-likeness (QED) is 0.0662. The molecule has 8 aromatic rings. The fourth-order valence-corrected chi connectivity index (χ4v) is 13.1. The first-order chi connectivity index (χ1) is 41.4. The van der Waals surface area contributed by atoms with Crippen LogP contribution in [0.3, 0.4) is 0 Å². The van der Waals surface area contributed by atoms with E-state index in [-0.39, 0.29) is 50.8 Å². The minimum atomic E-state index is -0.259. The average Bonchev–Trinajstić information content (AvgIpc) is 1.35. The third-order valence-electron chi connectivity index (χ3n) is 16.9. The van der Waals surface area contributed by atoms with Crippen molar-refractivity contribution in [3.63, 3.8) is 0 Å². The van der Waals surface area contributed by atoms with Crippen molar-refractivity contribution < 1.29 is 56.8 Å². The summed E-state index contributed by atoms with van der Waals surface area (Å²) in [4.78, 5) is 17.3. The van der Waals surface area contributed by atoms with Crippen molar-refractivity contribution in [1.29, 1.82) is 0 Å². The maximum atomic E-state index is 6.89. The van der Waals surface area contributed by atoms with E-state index in [1.807, 2.05) is 48.5 Å². The van der Waals surface area contributed by atoms with Crippen LogP contribution in [-0.2, 0) is 0 Å². The van der Waals surface area contributed by atoms with Gasteiger partial charge in [0.2, 0.25) is 27.2 Å². The van der Waals surface area contributed by atoms with Gasteiger partial charge in [-0.05, 0) is 152 Å². The molecule has 4 aliphatic heterocycles. The first-order valence-corrected chi connectivity index (χ1v) is 29.2. The van der Waals surface area contributed by atoms with Gasteiger partial charge in [-0.15, -0.1) is 0 Å². The second-order valence-electron chi connectivity index (χ2n) is 21.9. The van der Waals surface area contributed by atoms with Crippen LogP contribution < -0.4 is 56.8 Å². The maximum absolute atomic E-state index is 6.89. The van der Waals surface area contributed by atoms with Crippen molar-refractivity contribution in [2.45, 2.75) is 103 Å². The van der Waals surface area contributed by atoms with Crippen molar-refractivity contribution in [3.05, 3.63) is 189 Å². The predicted octanol–water partition coefficient (Wildman–Crippen LogP) is 13.7. The van der Waals surface area contributed by atoms with Crippen molar-refractivity contribution in [3.8, 4) is 69.0 Å². The van der Waals surface area contributed by atoms with E-state index in [0.29, 0.717) is 147 Å². The van der Waals surface area contributed by atoms with E-state index in [9.17, 15) is 0 Å². The van der Waals surface area contributed by atoms with Gasteiger partial charge in [0.1, 0.15) is 69.0 Å². The molecule has 0 spiro atoms. The molecule has 4 aromatic carbocycles. The number of rotatable bonds is 20. The molecule has 0 unspecified atom stereocenters. The Kier molecular flexibility index (Phi) is 15.8. The fraction of sp³-hybridized carbons (Fsp3) is 0.353. The Morgan fingerprint density at radius 2 is 0.524 bits per heavy atom. The van der Waals surface area contributed by atoms with Gasteiger partial charge in [-0.2, -0.15) is 0 Å². The molecule has 0 fully saturated rings. The van der Waals surface area contributed by atoms with Crippen LogP contribution in [-0.4, -0.2) is 73.5 Å². The SMILES string of the molecule is Cc1c2c3cc4c1OCOc1c(cc5c(c1C)OCOc1c(cc6c(c1C)OCOc1c(cc(c(c1C)OCO2)C3CCCOc1cccnc1)C6CCCOc1cccnc1)C5CCCOc1cccnc1)C4CCCOc1cccnc1. The molecule has 1 aliphatic carbocycles. The van der Waals surface area contributed by atoms with E-state index < -0.39 is 0 Å². The molecule has 0 saturated heterocycles. The lowest BCUT2D eigenvalue weighted by atomic mass is 9.74. The third-order valence-corrected chi connectivity index (χ3v) is 16.9. The van der Waals surface area contributed by atoms with Gasteiger partial charge in [0.15, 0.2) is 0 Å². The summed E-state index contributed by atoms with van der Waals surface area (Å²) in [7, 11) is 0. The molecule has 5 aliphatic rings. The normalized spacial score (nSPS) is 17.5. The summed E-state index contributed by atoms with van der Waals surface area (Å²) >= 11 is 0. The van der Waals surface area contributed by atoms with Crippen LogP contribution in [0, 0.1) is 27.7 Å². The van der Waals surface area contributed by atoms with Crippen LogP contribution >= 0.6 is 0 Å². The van der Waals surface area contributed by atoms with Gasteiger partial charge in [0.05, 0.1) is 51.2 Å². The molecule has 0 N–H and O–H groups in total. The van der Waals surface area contributed by atoms with Gasteiger partial charge in [0.25, 0.3) is 0 Å². The molecule has 16 nitrogen and oxygen atoms in total. The largest absolute Gasteiger partial charge is 0.492 e. The second kappa shape index (κ2) is 24.5. The van der Waals surface area contributed by atoms with Crippen LogP contribution in [0.5, 0.6) is 69.0 Å². The van der Waals surface area contributed by atoms with Crippen molar-refractivity contribution in [2.24, 2.45) is 0 Å². The zero-order chi connectivity index (χ0) is 56.9. The van der Waals surface area contributed by atoms with Gasteiger partial charge in [-0.3, -0.25) is 19.9 Å². The molecular formula is C68H68N4O12. The number of hydrogen-bond acceptors (Lipinski definition) is 16. The first kappa shape index (κ1) is 54.3. The summed E-state index contributed by atoms with van der Waals surface area (Å²) in [5, 5.41) is 0. The molecule has 4 aromatic heterocycles. The highest BCUT2D eigenvalue weighted by Gasteiger charge is 2.40. The molecule has 13 rings (SSSR count). The minimum Gasteiger partial charge on any atom is -0.492 e. The predicted molar refractivity (Wildman–Crippen MR) is 312 cm³/mol. The summed E-state index contributed by atoms with van der Waals surface area (Å²) in [5.41, 5.74) is 11.7. The smallest absolute Gasteiger partial charge is 0.230 e. The van der Waals surface area contributed by atoms with E-state index in [4.69, 9.17) is 56.8 Å². The van der Waals surface area contributed by atoms with Gasteiger partial charge >= 0.3 is 0 Å². The topological polar surface area (TPSA) is 162 Å². The Balaban J connectivity index is 1.05. The highest BCUT2D eigenvalue weighted by molar-refractivity contribution is 5.69. The first-order valence-electron chi connectivity index (χ1n) is 29.2. The summed E-state index contributed by atoms with van der Waals surface area (Å²) in [5.74, 6) is 7.53. The van der Waals surface area contributed by atoms with E-state index >= 15 is 0 Å². The lowest BCUT2D eigenvalue weighted by molar-refractivity contribution is 0.0954. The van der Waals surface area contributed by atoms with E-state index in [2.05, 4.69) is 71.9 Å². The molecule has 84 heavy (non-hydrogen) atoms. The number of pyridine rings is 4. The van der Waals surface area contributed by atoms with Crippen molar-refractivity contribution in [1.82, 2.24) is 19.9 Å². The maximum Gasteiger partial charge on any atom is 0.230 e. The lowest BCUT2D eigenvalue weighted by Crippen LogP contribution is -2.24. The van der Waals surface area contributed by atoms with Crippen LogP contribution in [0.2, 0.25) is 0 Å². The van der Waals surface area contributed by atoms with Crippen molar-refractivity contribution in [2.75, 3.05) is 53.6 Å². The third kappa shape index (κ3) is 10.8. The fourth-order valence-electron chi connectivity index (χ4n) is 13.1. The molecule has 0 atom stereocenters. The standard InChI is InChI=1S/C68H68N4O12/c1-41-61-53-29-54-50(18-10-26-74-46-14-6-22-70-34-46)56-31-58-52(20-12-28-76-48-16-8-24-72-36-48)60-32-59-51(19-11-27-75-47-15-7-23-71-35-47)57-30-55(49(53)17-9-25-73-45-13-5-21-69-33-45)63(79-37-77-61)42(2)65(57)81-39-83-67(59)44(4)68(60)84-40-82-66(58)43(3)64(56)80-38-78-62(41)54/h5-8,13-16,21-24,29-36,49-52H,9-12,17-20,25-28,37-40H2,1-4H3. The van der Waals surface area contributed by atoms with Gasteiger partial charge in [-0.25, -0.2) is 0 Å². The van der Waals surface area contributed by atoms with E-state index in [0.717, 1.165) is 66.8 Å². The highest BCUT2D eigenvalue weighted by Crippen LogP contribution is 2.58. The molecule has 16 heteroatoms. The molecule has 8 heterocycles. The number of aromatic nitrogens is 4. The number of benzene rings is 4. The zero-order valence-electron chi connectivity index (χ0n) is 47.9. The molecular weight excluding hydrogens is 1060 g/mol. The molecule has 432 valence electrons. The Labute approximate surface area is 489 Å². The second-order valence-corrected chi connectivity index (χ2v) is 21.9. The summed E-state index contributed by atoms with van der Waals surface area (Å²) in [6.07, 6.45) is 19.5. The van der Waals surface area contributed by atoms with Crippen LogP contribution in [0.1, 0.15) is 142 Å². The minimum absolute atomic E-state index is 0.0513. The Bertz CT molecular complexity index is 3030. The zero-order valence-corrected chi connectivity index (χ0v) is 47.9. The Morgan fingerprint density at radius 3 is 0.702 bits per heavy atom. The van der Waals surface area contributed by atoms with Crippen molar-refractivity contribution >= 4 is 0 Å². The van der Waals surface area contributed by atoms with Crippen LogP contribution in [0.25, 0.3) is 0 Å². The monoisotopic (exact) mass is 1130 g/mol. The van der Waals surface area contributed by atoms with E-state index in [1.54, 1.807) is 49.6 Å². The van der Waals surface area contributed by atoms with E-state index in [1.165, 1.54) is 0 Å². The molecule has 0 saturated carbocycles. The lowest BCUT2D eigenvalue weighted by Gasteiger charge is -2.37. The summed E-state index contributed by atoms with van der Waals surface area (Å²) in [6.45, 7) is 10.00. The Morgan fingerprint density at radius 1 is 0.321 bits per heavy atom. The van der Waals surface area contributed by atoms with Gasteiger partial charge in [-0.1, -0.05) is 0 Å². The van der Waals surface area contributed by atoms with Crippen LogP contribution in [0.15, 0.2) is 122 Å². The summed E-state index contributed by atoms with van der Waals surface area (Å²) < 4.78 is 80.6. The number of hydrogen-bond donors (Lipinski definition) is 0. The molecule has 0 amide bonds. The average molecular weight is 1130 g/mol. The van der Waals surface area contributed by atoms with Crippen LogP contribution in [0.4, 0.5) is 0 Å². The highest BCUT2D eigenvalue weighted by atomic mass is 16.7. The Hall–Kier alpha value is -8.92. The van der Waals surface area contributed by atoms with Gasteiger partial charge < -0.3 is 56.8 Å². The molecule has 0 radical (unpaired) electrons. The van der Waals surface area contributed by atoms with Gasteiger partial charge in [0, 0.05) is 115 Å². The molecule has 8 bridgehead atoms. The summed E-state index contributed by atoms with van der Waals surface area (Å²) in [6, 6.07) is 24.7. The number of nitrogens with zero attached hydrogens (tertiary/aromatic N) is 4.